The van der Waals surface area contributed by atoms with Crippen LogP contribution >= 0.6 is 23.2 Å². The second-order valence-corrected chi connectivity index (χ2v) is 10.2. The van der Waals surface area contributed by atoms with Gasteiger partial charge in [-0.25, -0.2) is 4.79 Å². The minimum absolute atomic E-state index is 0.267. The summed E-state index contributed by atoms with van der Waals surface area (Å²) in [6.07, 6.45) is 4.27. The van der Waals surface area contributed by atoms with Crippen LogP contribution in [0.4, 0.5) is 4.39 Å². The smallest absolute Gasteiger partial charge is 0.335 e. The molecule has 3 nitrogen and oxygen atoms in total. The predicted octanol–water partition coefficient (Wildman–Crippen LogP) is 7.66. The number of halogens is 3. The zero-order chi connectivity index (χ0) is 25.2. The fraction of sp³-hybridized carbons (Fsp3) is 0.233. The van der Waals surface area contributed by atoms with Gasteiger partial charge in [0.2, 0.25) is 0 Å². The summed E-state index contributed by atoms with van der Waals surface area (Å²) in [5.41, 5.74) is 9.01. The molecule has 1 fully saturated rings. The van der Waals surface area contributed by atoms with Crippen molar-refractivity contribution in [1.29, 1.82) is 0 Å². The number of rotatable bonds is 7. The van der Waals surface area contributed by atoms with Crippen molar-refractivity contribution in [3.63, 3.8) is 0 Å². The molecule has 3 aromatic rings. The van der Waals surface area contributed by atoms with Gasteiger partial charge in [-0.1, -0.05) is 65.7 Å². The largest absolute Gasteiger partial charge is 0.478 e. The lowest BCUT2D eigenvalue weighted by Gasteiger charge is -2.33. The average molecular weight is 522 g/mol. The molecular weight excluding hydrogens is 496 g/mol. The third-order valence-corrected chi connectivity index (χ3v) is 7.40. The Bertz CT molecular complexity index is 1370. The molecule has 0 bridgehead atoms. The van der Waals surface area contributed by atoms with Crippen molar-refractivity contribution in [2.24, 2.45) is 0 Å². The molecule has 0 saturated carbocycles. The van der Waals surface area contributed by atoms with Crippen LogP contribution in [0.5, 0.6) is 0 Å². The first kappa shape index (κ1) is 24.8. The Kier molecular flexibility index (Phi) is 7.29. The molecule has 0 radical (unpaired) electrons. The van der Waals surface area contributed by atoms with Crippen LogP contribution in [0.25, 0.3) is 17.2 Å². The molecule has 0 unspecified atom stereocenters. The number of aryl methyl sites for hydroxylation is 1. The molecule has 36 heavy (non-hydrogen) atoms. The van der Waals surface area contributed by atoms with Crippen molar-refractivity contribution >= 4 is 46.4 Å². The van der Waals surface area contributed by atoms with Crippen LogP contribution in [-0.4, -0.2) is 42.3 Å². The molecule has 1 heterocycles. The van der Waals surface area contributed by atoms with E-state index in [-0.39, 0.29) is 6.67 Å². The maximum Gasteiger partial charge on any atom is 0.335 e. The lowest BCUT2D eigenvalue weighted by Crippen LogP contribution is -2.40. The summed E-state index contributed by atoms with van der Waals surface area (Å²) >= 11 is 12.8. The van der Waals surface area contributed by atoms with Gasteiger partial charge in [-0.2, -0.15) is 0 Å². The molecule has 2 aliphatic rings. The summed E-state index contributed by atoms with van der Waals surface area (Å²) in [5.74, 6) is -0.925. The van der Waals surface area contributed by atoms with E-state index in [1.54, 1.807) is 18.2 Å². The number of carboxylic acid groups (broad SMARTS) is 1. The Morgan fingerprint density at radius 3 is 2.42 bits per heavy atom. The number of hydrogen-bond donors (Lipinski definition) is 1. The minimum Gasteiger partial charge on any atom is -0.478 e. The van der Waals surface area contributed by atoms with E-state index in [9.17, 15) is 14.3 Å². The Morgan fingerprint density at radius 1 is 0.972 bits per heavy atom. The van der Waals surface area contributed by atoms with Crippen LogP contribution in [0.3, 0.4) is 0 Å². The van der Waals surface area contributed by atoms with Gasteiger partial charge < -0.3 is 5.11 Å². The molecule has 1 aliphatic heterocycles. The number of nitrogens with zero attached hydrogens (tertiary/aromatic N) is 1. The first-order valence-electron chi connectivity index (χ1n) is 12.1. The quantitative estimate of drug-likeness (QED) is 0.347. The van der Waals surface area contributed by atoms with E-state index in [0.29, 0.717) is 22.0 Å². The van der Waals surface area contributed by atoms with Crippen molar-refractivity contribution in [2.75, 3.05) is 26.3 Å². The zero-order valence-electron chi connectivity index (χ0n) is 19.7. The summed E-state index contributed by atoms with van der Waals surface area (Å²) in [5, 5.41) is 10.7. The van der Waals surface area contributed by atoms with Gasteiger partial charge in [-0.05, 0) is 88.1 Å². The summed E-state index contributed by atoms with van der Waals surface area (Å²) in [4.78, 5) is 13.8. The van der Waals surface area contributed by atoms with Crippen LogP contribution in [0.1, 0.15) is 51.0 Å². The first-order valence-corrected chi connectivity index (χ1v) is 12.8. The Morgan fingerprint density at radius 2 is 1.72 bits per heavy atom. The SMILES string of the molecule is O=C(O)c1ccc2c(c1)CCC(c1ccc(Cl)cc1Cl)=C2c1ccc(C=C2CN(CCCF)C2)cc1. The van der Waals surface area contributed by atoms with Crippen molar-refractivity contribution < 1.29 is 14.3 Å². The summed E-state index contributed by atoms with van der Waals surface area (Å²) in [6.45, 7) is 2.33. The number of allylic oxidation sites excluding steroid dienone is 1. The van der Waals surface area contributed by atoms with Gasteiger partial charge in [0.15, 0.2) is 0 Å². The van der Waals surface area contributed by atoms with Gasteiger partial charge in [0.25, 0.3) is 0 Å². The van der Waals surface area contributed by atoms with E-state index in [0.717, 1.165) is 71.4 Å². The van der Waals surface area contributed by atoms with Gasteiger partial charge >= 0.3 is 5.97 Å². The molecule has 3 aromatic carbocycles. The Labute approximate surface area is 220 Å². The number of aromatic carboxylic acids is 1. The maximum atomic E-state index is 12.4. The standard InChI is InChI=1S/C30H26Cl2FNO2/c31-24-8-11-26(28(32)16-24)27-10-6-22-15-23(30(35)36)7-9-25(22)29(27)21-4-2-19(3-5-21)14-20-17-34(18-20)13-1-12-33/h2-5,7-9,11,14-16H,1,6,10,12-13,17-18H2,(H,35,36). The molecule has 5 rings (SSSR count). The molecule has 1 N–H and O–H groups in total. The highest BCUT2D eigenvalue weighted by Gasteiger charge is 2.24. The number of hydrogen-bond acceptors (Lipinski definition) is 2. The monoisotopic (exact) mass is 521 g/mol. The summed E-state index contributed by atoms with van der Waals surface area (Å²) < 4.78 is 12.4. The molecule has 6 heteroatoms. The molecule has 0 atom stereocenters. The topological polar surface area (TPSA) is 40.5 Å². The number of fused-ring (bicyclic) bond motifs is 1. The number of alkyl halides is 1. The van der Waals surface area contributed by atoms with Gasteiger partial charge in [-0.3, -0.25) is 9.29 Å². The number of carbonyl (C=O) groups is 1. The molecular formula is C30H26Cl2FNO2. The molecule has 0 aromatic heterocycles. The highest BCUT2D eigenvalue weighted by molar-refractivity contribution is 6.36. The minimum atomic E-state index is -0.925. The highest BCUT2D eigenvalue weighted by atomic mass is 35.5. The van der Waals surface area contributed by atoms with Crippen LogP contribution in [0, 0.1) is 0 Å². The highest BCUT2D eigenvalue weighted by Crippen LogP contribution is 2.43. The molecule has 1 aliphatic carbocycles. The number of carboxylic acids is 1. The predicted molar refractivity (Wildman–Crippen MR) is 146 cm³/mol. The van der Waals surface area contributed by atoms with Gasteiger partial charge in [0.1, 0.15) is 0 Å². The lowest BCUT2D eigenvalue weighted by molar-refractivity contribution is 0.0696. The van der Waals surface area contributed by atoms with Gasteiger partial charge in [0, 0.05) is 29.7 Å². The fourth-order valence-electron chi connectivity index (χ4n) is 5.10. The number of likely N-dealkylation sites (tertiary alicyclic amines) is 1. The second kappa shape index (κ2) is 10.6. The van der Waals surface area contributed by atoms with Crippen LogP contribution < -0.4 is 0 Å². The van der Waals surface area contributed by atoms with E-state index in [4.69, 9.17) is 23.2 Å². The van der Waals surface area contributed by atoms with E-state index in [1.165, 1.54) is 5.57 Å². The number of benzene rings is 3. The Hall–Kier alpha value is -2.92. The first-order chi connectivity index (χ1) is 17.4. The van der Waals surface area contributed by atoms with Crippen LogP contribution in [-0.2, 0) is 6.42 Å². The average Bonchev–Trinajstić information content (AvgIpc) is 2.85. The lowest BCUT2D eigenvalue weighted by atomic mass is 9.79. The Balaban J connectivity index is 1.52. The third kappa shape index (κ3) is 5.12. The summed E-state index contributed by atoms with van der Waals surface area (Å²) in [7, 11) is 0. The fourth-order valence-corrected chi connectivity index (χ4v) is 5.62. The van der Waals surface area contributed by atoms with Crippen molar-refractivity contribution in [2.45, 2.75) is 19.3 Å². The van der Waals surface area contributed by atoms with Crippen molar-refractivity contribution in [3.05, 3.63) is 110 Å². The van der Waals surface area contributed by atoms with Crippen molar-refractivity contribution in [3.8, 4) is 0 Å². The maximum absolute atomic E-state index is 12.4. The molecule has 0 amide bonds. The van der Waals surface area contributed by atoms with E-state index in [1.807, 2.05) is 18.2 Å². The normalized spacial score (nSPS) is 15.5. The van der Waals surface area contributed by atoms with Crippen molar-refractivity contribution in [1.82, 2.24) is 4.90 Å². The summed E-state index contributed by atoms with van der Waals surface area (Å²) in [6, 6.07) is 19.4. The molecule has 1 saturated heterocycles. The molecule has 184 valence electrons. The van der Waals surface area contributed by atoms with E-state index in [2.05, 4.69) is 35.2 Å². The zero-order valence-corrected chi connectivity index (χ0v) is 21.2. The second-order valence-electron chi connectivity index (χ2n) is 9.33. The van der Waals surface area contributed by atoms with E-state index < -0.39 is 5.97 Å². The third-order valence-electron chi connectivity index (χ3n) is 6.86. The van der Waals surface area contributed by atoms with E-state index >= 15 is 0 Å². The van der Waals surface area contributed by atoms with Gasteiger partial charge in [-0.15, -0.1) is 0 Å². The van der Waals surface area contributed by atoms with Gasteiger partial charge in [0.05, 0.1) is 12.2 Å². The van der Waals surface area contributed by atoms with Crippen LogP contribution in [0.15, 0.2) is 66.2 Å². The molecule has 0 spiro atoms. The van der Waals surface area contributed by atoms with Crippen LogP contribution in [0.2, 0.25) is 10.0 Å².